The highest BCUT2D eigenvalue weighted by molar-refractivity contribution is 4.77. The van der Waals surface area contributed by atoms with Gasteiger partial charge in [-0.25, -0.2) is 0 Å². The largest absolute Gasteiger partial charge is 0.300 e. The molecule has 1 saturated heterocycles. The minimum absolute atomic E-state index is 0.920. The Labute approximate surface area is 77.1 Å². The molecule has 0 N–H and O–H groups in total. The summed E-state index contributed by atoms with van der Waals surface area (Å²) in [7, 11) is 0. The molecule has 12 heavy (non-hydrogen) atoms. The fraction of sp³-hybridized carbons (Fsp3) is 1.00. The second-order valence-electron chi connectivity index (χ2n) is 3.97. The van der Waals surface area contributed by atoms with E-state index in [9.17, 15) is 0 Å². The Bertz CT molecular complexity index is 108. The smallest absolute Gasteiger partial charge is 0.00951 e. The minimum atomic E-state index is 0.920. The number of hydrogen-bond acceptors (Lipinski definition) is 1. The van der Waals surface area contributed by atoms with Gasteiger partial charge in [0.2, 0.25) is 0 Å². The molecule has 1 nitrogen and oxygen atoms in total. The molecule has 1 unspecified atom stereocenters. The van der Waals surface area contributed by atoms with Gasteiger partial charge in [-0.15, -0.1) is 0 Å². The predicted octanol–water partition coefficient (Wildman–Crippen LogP) is 3.05. The van der Waals surface area contributed by atoms with Crippen molar-refractivity contribution in [3.63, 3.8) is 0 Å². The average Bonchev–Trinajstić information content (AvgIpc) is 1.97. The van der Waals surface area contributed by atoms with Gasteiger partial charge in [0.15, 0.2) is 0 Å². The second kappa shape index (κ2) is 5.58. The van der Waals surface area contributed by atoms with Crippen LogP contribution in [0.2, 0.25) is 0 Å². The van der Waals surface area contributed by atoms with Crippen molar-refractivity contribution in [2.45, 2.75) is 58.4 Å². The van der Waals surface area contributed by atoms with Gasteiger partial charge in [-0.2, -0.15) is 0 Å². The first kappa shape index (κ1) is 10.0. The summed E-state index contributed by atoms with van der Waals surface area (Å²) in [5.74, 6) is 0. The van der Waals surface area contributed by atoms with Crippen LogP contribution in [0.15, 0.2) is 0 Å². The maximum Gasteiger partial charge on any atom is 0.00951 e. The highest BCUT2D eigenvalue weighted by Gasteiger charge is 2.22. The zero-order chi connectivity index (χ0) is 8.81. The van der Waals surface area contributed by atoms with Crippen LogP contribution in [0.4, 0.5) is 0 Å². The van der Waals surface area contributed by atoms with E-state index < -0.39 is 0 Å². The molecule has 1 heteroatoms. The third-order valence-corrected chi connectivity index (χ3v) is 2.92. The van der Waals surface area contributed by atoms with Crippen LogP contribution >= 0.6 is 0 Å². The Balaban J connectivity index is 2.17. The van der Waals surface area contributed by atoms with Crippen LogP contribution in [0.1, 0.15) is 52.4 Å². The van der Waals surface area contributed by atoms with Crippen LogP contribution in [0.3, 0.4) is 0 Å². The lowest BCUT2D eigenvalue weighted by molar-refractivity contribution is 0.103. The Morgan fingerprint density at radius 2 is 1.83 bits per heavy atom. The van der Waals surface area contributed by atoms with Gasteiger partial charge in [-0.05, 0) is 32.4 Å². The Kier molecular flexibility index (Phi) is 4.67. The van der Waals surface area contributed by atoms with Gasteiger partial charge in [0.1, 0.15) is 0 Å². The van der Waals surface area contributed by atoms with Crippen molar-refractivity contribution < 1.29 is 0 Å². The number of rotatable bonds is 6. The number of likely N-dealkylation sites (tertiary alicyclic amines) is 1. The number of nitrogens with zero attached hydrogens (tertiary/aromatic N) is 1. The maximum atomic E-state index is 2.67. The van der Waals surface area contributed by atoms with Crippen molar-refractivity contribution in [3.8, 4) is 0 Å². The van der Waals surface area contributed by atoms with E-state index in [1.807, 2.05) is 0 Å². The van der Waals surface area contributed by atoms with Gasteiger partial charge >= 0.3 is 0 Å². The summed E-state index contributed by atoms with van der Waals surface area (Å²) >= 11 is 0. The van der Waals surface area contributed by atoms with E-state index in [1.165, 1.54) is 51.6 Å². The van der Waals surface area contributed by atoms with Gasteiger partial charge in [0.05, 0.1) is 0 Å². The molecule has 1 aliphatic rings. The fourth-order valence-corrected chi connectivity index (χ4v) is 1.99. The summed E-state index contributed by atoms with van der Waals surface area (Å²) in [6.07, 6.45) is 8.41. The molecule has 0 amide bonds. The first-order valence-electron chi connectivity index (χ1n) is 5.62. The molecule has 0 aliphatic carbocycles. The number of hydrogen-bond donors (Lipinski definition) is 0. The molecule has 0 spiro atoms. The van der Waals surface area contributed by atoms with Crippen molar-refractivity contribution >= 4 is 0 Å². The number of unbranched alkanes of at least 4 members (excludes halogenated alkanes) is 1. The van der Waals surface area contributed by atoms with Crippen LogP contribution in [-0.2, 0) is 0 Å². The van der Waals surface area contributed by atoms with E-state index >= 15 is 0 Å². The quantitative estimate of drug-likeness (QED) is 0.590. The van der Waals surface area contributed by atoms with Crippen LogP contribution < -0.4 is 0 Å². The van der Waals surface area contributed by atoms with Gasteiger partial charge in [0, 0.05) is 6.04 Å². The summed E-state index contributed by atoms with van der Waals surface area (Å²) in [6, 6.07) is 0.920. The first-order chi connectivity index (χ1) is 5.88. The summed E-state index contributed by atoms with van der Waals surface area (Å²) in [6.45, 7) is 7.33. The lowest BCUT2D eigenvalue weighted by atomic mass is 10.00. The second-order valence-corrected chi connectivity index (χ2v) is 3.97. The molecule has 1 atom stereocenters. The van der Waals surface area contributed by atoms with E-state index in [-0.39, 0.29) is 0 Å². The van der Waals surface area contributed by atoms with Gasteiger partial charge in [0.25, 0.3) is 0 Å². The summed E-state index contributed by atoms with van der Waals surface area (Å²) < 4.78 is 0. The molecule has 0 bridgehead atoms. The topological polar surface area (TPSA) is 3.24 Å². The third-order valence-electron chi connectivity index (χ3n) is 2.92. The zero-order valence-corrected chi connectivity index (χ0v) is 8.68. The molecular weight excluding hydrogens is 146 g/mol. The van der Waals surface area contributed by atoms with E-state index in [0.717, 1.165) is 6.04 Å². The van der Waals surface area contributed by atoms with E-state index in [2.05, 4.69) is 18.7 Å². The van der Waals surface area contributed by atoms with Crippen molar-refractivity contribution in [3.05, 3.63) is 0 Å². The summed E-state index contributed by atoms with van der Waals surface area (Å²) in [4.78, 5) is 2.67. The molecule has 72 valence electrons. The van der Waals surface area contributed by atoms with Crippen LogP contribution in [0, 0.1) is 0 Å². The molecule has 0 aromatic heterocycles. The molecule has 0 radical (unpaired) electrons. The Morgan fingerprint density at radius 1 is 1.08 bits per heavy atom. The fourth-order valence-electron chi connectivity index (χ4n) is 1.99. The molecule has 1 aliphatic heterocycles. The first-order valence-corrected chi connectivity index (χ1v) is 5.62. The standard InChI is InChI=1S/C11H23N/c1-3-5-8-11(7-4-2)12-9-6-10-12/h11H,3-10H2,1-2H3. The van der Waals surface area contributed by atoms with Crippen molar-refractivity contribution in [1.82, 2.24) is 4.90 Å². The Hall–Kier alpha value is -0.0400. The van der Waals surface area contributed by atoms with Gasteiger partial charge in [-0.1, -0.05) is 33.1 Å². The van der Waals surface area contributed by atoms with Gasteiger partial charge in [-0.3, -0.25) is 0 Å². The lowest BCUT2D eigenvalue weighted by Crippen LogP contribution is -2.45. The van der Waals surface area contributed by atoms with E-state index in [4.69, 9.17) is 0 Å². The molecule has 0 aromatic rings. The van der Waals surface area contributed by atoms with Crippen LogP contribution in [0.5, 0.6) is 0 Å². The highest BCUT2D eigenvalue weighted by Crippen LogP contribution is 2.19. The van der Waals surface area contributed by atoms with E-state index in [1.54, 1.807) is 0 Å². The third kappa shape index (κ3) is 2.78. The monoisotopic (exact) mass is 169 g/mol. The van der Waals surface area contributed by atoms with Crippen molar-refractivity contribution in [1.29, 1.82) is 0 Å². The molecule has 0 saturated carbocycles. The molecule has 0 aromatic carbocycles. The van der Waals surface area contributed by atoms with E-state index in [0.29, 0.717) is 0 Å². The average molecular weight is 169 g/mol. The van der Waals surface area contributed by atoms with Crippen LogP contribution in [0.25, 0.3) is 0 Å². The summed E-state index contributed by atoms with van der Waals surface area (Å²) in [5, 5.41) is 0. The van der Waals surface area contributed by atoms with Crippen molar-refractivity contribution in [2.75, 3.05) is 13.1 Å². The lowest BCUT2D eigenvalue weighted by Gasteiger charge is -2.38. The zero-order valence-electron chi connectivity index (χ0n) is 8.68. The van der Waals surface area contributed by atoms with Crippen molar-refractivity contribution in [2.24, 2.45) is 0 Å². The highest BCUT2D eigenvalue weighted by atomic mass is 15.2. The molecular formula is C11H23N. The minimum Gasteiger partial charge on any atom is -0.300 e. The Morgan fingerprint density at radius 3 is 2.25 bits per heavy atom. The summed E-state index contributed by atoms with van der Waals surface area (Å²) in [5.41, 5.74) is 0. The molecule has 1 fully saturated rings. The predicted molar refractivity (Wildman–Crippen MR) is 54.4 cm³/mol. The SMILES string of the molecule is CCCCC(CCC)N1CCC1. The molecule has 1 rings (SSSR count). The normalized spacial score (nSPS) is 20.5. The molecule has 1 heterocycles. The van der Waals surface area contributed by atoms with Gasteiger partial charge < -0.3 is 4.90 Å². The van der Waals surface area contributed by atoms with Crippen LogP contribution in [-0.4, -0.2) is 24.0 Å². The maximum absolute atomic E-state index is 2.67.